The summed E-state index contributed by atoms with van der Waals surface area (Å²) in [6.45, 7) is 1.72. The molecule has 0 rings (SSSR count). The van der Waals surface area contributed by atoms with Crippen LogP contribution < -0.4 is 0 Å². The van der Waals surface area contributed by atoms with Crippen LogP contribution in [-0.4, -0.2) is 15.2 Å². The van der Waals surface area contributed by atoms with Crippen molar-refractivity contribution in [1.82, 2.24) is 0 Å². The molecule has 0 aliphatic rings. The normalized spacial score (nSPS) is 11.4. The third-order valence-electron chi connectivity index (χ3n) is 0.836. The predicted octanol–water partition coefficient (Wildman–Crippen LogP) is 1.04. The van der Waals surface area contributed by atoms with Crippen molar-refractivity contribution in [3.63, 3.8) is 0 Å². The molecule has 0 aliphatic heterocycles. The molecule has 0 amide bonds. The average molecular weight is 152 g/mol. The topological polar surface area (TPSA) is 37.3 Å². The number of hydrogen-bond donors (Lipinski definition) is 3. The van der Waals surface area contributed by atoms with E-state index in [9.17, 15) is 4.79 Å². The zero-order valence-electron chi connectivity index (χ0n) is 4.46. The first-order valence-electron chi connectivity index (χ1n) is 2.19. The lowest BCUT2D eigenvalue weighted by atomic mass is 10.3. The van der Waals surface area contributed by atoms with Crippen LogP contribution in [0.3, 0.4) is 0 Å². The minimum Gasteiger partial charge on any atom is -0.480 e. The number of carboxylic acid groups (broad SMARTS) is 1. The second-order valence-electron chi connectivity index (χ2n) is 1.48. The van der Waals surface area contributed by atoms with Crippen molar-refractivity contribution in [2.45, 2.75) is 17.4 Å². The number of rotatable bonds is 2. The Balaban J connectivity index is 3.91. The lowest BCUT2D eigenvalue weighted by Crippen LogP contribution is -2.24. The van der Waals surface area contributed by atoms with Gasteiger partial charge < -0.3 is 5.11 Å². The van der Waals surface area contributed by atoms with Crippen LogP contribution in [0.5, 0.6) is 0 Å². The van der Waals surface area contributed by atoms with E-state index in [1.54, 1.807) is 6.92 Å². The fourth-order valence-corrected chi connectivity index (χ4v) is 0.151. The van der Waals surface area contributed by atoms with Gasteiger partial charge in [-0.2, -0.15) is 25.3 Å². The number of thiol groups is 2. The first kappa shape index (κ1) is 8.17. The SMILES string of the molecule is CCC(S)(S)C(=O)O. The van der Waals surface area contributed by atoms with Crippen LogP contribution in [0.4, 0.5) is 0 Å². The summed E-state index contributed by atoms with van der Waals surface area (Å²) in [4.78, 5) is 10.1. The Morgan fingerprint density at radius 2 is 2.12 bits per heavy atom. The Hall–Kier alpha value is 0.170. The second kappa shape index (κ2) is 2.64. The Morgan fingerprint density at radius 3 is 2.12 bits per heavy atom. The Bertz CT molecular complexity index is 100. The van der Waals surface area contributed by atoms with E-state index in [2.05, 4.69) is 25.3 Å². The maximum atomic E-state index is 10.1. The van der Waals surface area contributed by atoms with E-state index in [1.807, 2.05) is 0 Å². The van der Waals surface area contributed by atoms with Crippen molar-refractivity contribution in [1.29, 1.82) is 0 Å². The predicted molar refractivity (Wildman–Crippen MR) is 38.6 cm³/mol. The van der Waals surface area contributed by atoms with Gasteiger partial charge in [0.25, 0.3) is 0 Å². The highest BCUT2D eigenvalue weighted by Gasteiger charge is 2.26. The summed E-state index contributed by atoms with van der Waals surface area (Å²) in [5, 5.41) is 8.29. The van der Waals surface area contributed by atoms with E-state index in [0.717, 1.165) is 0 Å². The van der Waals surface area contributed by atoms with Crippen LogP contribution in [-0.2, 0) is 4.79 Å². The molecular formula is C4H8O2S2. The summed E-state index contributed by atoms with van der Waals surface area (Å²) in [6.07, 6.45) is 0.411. The zero-order chi connectivity index (χ0) is 6.78. The lowest BCUT2D eigenvalue weighted by molar-refractivity contribution is -0.137. The first-order valence-corrected chi connectivity index (χ1v) is 3.08. The molecule has 1 N–H and O–H groups in total. The molecular weight excluding hydrogens is 144 g/mol. The fraction of sp³-hybridized carbons (Fsp3) is 0.750. The summed E-state index contributed by atoms with van der Waals surface area (Å²) >= 11 is 7.49. The Kier molecular flexibility index (Phi) is 2.70. The summed E-state index contributed by atoms with van der Waals surface area (Å²) in [5.41, 5.74) is 0. The summed E-state index contributed by atoms with van der Waals surface area (Å²) < 4.78 is -1.15. The molecule has 0 radical (unpaired) electrons. The molecule has 8 heavy (non-hydrogen) atoms. The maximum absolute atomic E-state index is 10.1. The standard InChI is InChI=1S/C4H8O2S2/c1-2-4(7,8)3(5)6/h7-8H,2H2,1H3,(H,5,6). The molecule has 0 saturated carbocycles. The van der Waals surface area contributed by atoms with Gasteiger partial charge >= 0.3 is 5.97 Å². The van der Waals surface area contributed by atoms with Crippen molar-refractivity contribution in [2.75, 3.05) is 0 Å². The van der Waals surface area contributed by atoms with Crippen molar-refractivity contribution < 1.29 is 9.90 Å². The lowest BCUT2D eigenvalue weighted by Gasteiger charge is -2.12. The second-order valence-corrected chi connectivity index (χ2v) is 3.35. The summed E-state index contributed by atoms with van der Waals surface area (Å²) in [5.74, 6) is -0.994. The summed E-state index contributed by atoms with van der Waals surface area (Å²) in [7, 11) is 0. The molecule has 0 aliphatic carbocycles. The molecule has 4 heteroatoms. The highest BCUT2D eigenvalue weighted by Crippen LogP contribution is 2.22. The van der Waals surface area contributed by atoms with Gasteiger partial charge in [0.1, 0.15) is 0 Å². The quantitative estimate of drug-likeness (QED) is 0.408. The van der Waals surface area contributed by atoms with Gasteiger partial charge in [-0.3, -0.25) is 0 Å². The molecule has 48 valence electrons. The highest BCUT2D eigenvalue weighted by atomic mass is 32.2. The largest absolute Gasteiger partial charge is 0.480 e. The van der Waals surface area contributed by atoms with Crippen molar-refractivity contribution in [3.05, 3.63) is 0 Å². The third kappa shape index (κ3) is 1.96. The summed E-state index contributed by atoms with van der Waals surface area (Å²) in [6, 6.07) is 0. The van der Waals surface area contributed by atoms with E-state index in [-0.39, 0.29) is 0 Å². The molecule has 0 aromatic carbocycles. The van der Waals surface area contributed by atoms with Crippen molar-refractivity contribution in [3.8, 4) is 0 Å². The van der Waals surface area contributed by atoms with E-state index < -0.39 is 10.0 Å². The van der Waals surface area contributed by atoms with E-state index in [4.69, 9.17) is 5.11 Å². The molecule has 0 saturated heterocycles. The number of carbonyl (C=O) groups is 1. The van der Waals surface area contributed by atoms with Crippen LogP contribution >= 0.6 is 25.3 Å². The minimum absolute atomic E-state index is 0.411. The molecule has 0 spiro atoms. The van der Waals surface area contributed by atoms with Crippen LogP contribution in [0, 0.1) is 0 Å². The molecule has 0 bridgehead atoms. The minimum atomic E-state index is -1.15. The first-order chi connectivity index (χ1) is 3.50. The van der Waals surface area contributed by atoms with Gasteiger partial charge in [-0.25, -0.2) is 4.79 Å². The van der Waals surface area contributed by atoms with Gasteiger partial charge in [0.15, 0.2) is 4.08 Å². The zero-order valence-corrected chi connectivity index (χ0v) is 6.25. The fourth-order valence-electron chi connectivity index (χ4n) is 0.151. The average Bonchev–Trinajstić information content (AvgIpc) is 1.67. The molecule has 0 aromatic rings. The Morgan fingerprint density at radius 1 is 1.75 bits per heavy atom. The monoisotopic (exact) mass is 152 g/mol. The van der Waals surface area contributed by atoms with Crippen LogP contribution in [0.15, 0.2) is 0 Å². The van der Waals surface area contributed by atoms with Crippen LogP contribution in [0.1, 0.15) is 13.3 Å². The molecule has 0 heterocycles. The van der Waals surface area contributed by atoms with Crippen molar-refractivity contribution in [2.24, 2.45) is 0 Å². The van der Waals surface area contributed by atoms with Gasteiger partial charge in [-0.15, -0.1) is 0 Å². The number of aliphatic carboxylic acids is 1. The number of hydrogen-bond acceptors (Lipinski definition) is 3. The molecule has 0 fully saturated rings. The van der Waals surface area contributed by atoms with Crippen LogP contribution in [0.2, 0.25) is 0 Å². The number of carboxylic acids is 1. The third-order valence-corrected chi connectivity index (χ3v) is 1.85. The van der Waals surface area contributed by atoms with Gasteiger partial charge in [-0.05, 0) is 6.42 Å². The molecule has 0 atom stereocenters. The van der Waals surface area contributed by atoms with E-state index in [1.165, 1.54) is 0 Å². The molecule has 2 nitrogen and oxygen atoms in total. The van der Waals surface area contributed by atoms with Gasteiger partial charge in [-0.1, -0.05) is 6.92 Å². The van der Waals surface area contributed by atoms with Gasteiger partial charge in [0.05, 0.1) is 0 Å². The molecule has 0 aromatic heterocycles. The van der Waals surface area contributed by atoms with Gasteiger partial charge in [0, 0.05) is 0 Å². The van der Waals surface area contributed by atoms with Crippen molar-refractivity contribution >= 4 is 31.2 Å². The smallest absolute Gasteiger partial charge is 0.329 e. The highest BCUT2D eigenvalue weighted by molar-refractivity contribution is 8.01. The van der Waals surface area contributed by atoms with Gasteiger partial charge in [0.2, 0.25) is 0 Å². The van der Waals surface area contributed by atoms with Crippen LogP contribution in [0.25, 0.3) is 0 Å². The van der Waals surface area contributed by atoms with E-state index in [0.29, 0.717) is 6.42 Å². The van der Waals surface area contributed by atoms with E-state index >= 15 is 0 Å². The maximum Gasteiger partial charge on any atom is 0.329 e. The molecule has 0 unspecified atom stereocenters. The Labute approximate surface area is 59.1 Å².